The molecule has 7 nitrogen and oxygen atoms in total. The Balaban J connectivity index is 0.00000517. The molecule has 0 fully saturated rings. The number of nitrogens with zero attached hydrogens (tertiary/aromatic N) is 6. The van der Waals surface area contributed by atoms with Crippen LogP contribution in [0, 0.1) is 25.7 Å². The van der Waals surface area contributed by atoms with Crippen LogP contribution in [-0.2, 0) is 35.0 Å². The third-order valence-electron chi connectivity index (χ3n) is 12.6. The van der Waals surface area contributed by atoms with E-state index in [4.69, 9.17) is 17.9 Å². The number of aromatic nitrogens is 4. The molecule has 0 spiro atoms. The van der Waals surface area contributed by atoms with Gasteiger partial charge in [-0.1, -0.05) is 103 Å². The van der Waals surface area contributed by atoms with Crippen LogP contribution in [0.2, 0.25) is 0 Å². The standard InChI is InChI=1S/C57H39N6O.Pt/c1-36-30-54(58-34-47(36)37-16-5-4-6-17-37)63-50-25-12-9-20-41(50)44-29-28-40(32-53(44)63)64-39-19-15-18-38(31-39)61-35-62(52-27-14-13-26-51(52)61)57-55-45(42-21-7-10-23-48(42)59(55)2)33-46-43-22-8-11-24-49(43)60(3)56(46)57;/h4-30,33-35H,1-3H3;/q-3;/i2D3,3D3;. The van der Waals surface area contributed by atoms with Crippen LogP contribution < -0.4 is 14.5 Å². The zero-order valence-corrected chi connectivity index (χ0v) is 37.0. The van der Waals surface area contributed by atoms with E-state index in [-0.39, 0.29) is 21.1 Å². The number of fused-ring (bicyclic) bond motifs is 10. The van der Waals surface area contributed by atoms with Crippen molar-refractivity contribution in [3.05, 3.63) is 200 Å². The van der Waals surface area contributed by atoms with E-state index in [0.717, 1.165) is 60.8 Å². The van der Waals surface area contributed by atoms with Gasteiger partial charge in [0.1, 0.15) is 5.82 Å². The van der Waals surface area contributed by atoms with Crippen molar-refractivity contribution in [2.45, 2.75) is 6.92 Å². The molecule has 8 aromatic carbocycles. The molecule has 0 radical (unpaired) electrons. The van der Waals surface area contributed by atoms with E-state index in [1.807, 2.05) is 144 Å². The summed E-state index contributed by atoms with van der Waals surface area (Å²) in [7, 11) is 0. The van der Waals surface area contributed by atoms with Gasteiger partial charge in [0.05, 0.1) is 16.7 Å². The summed E-state index contributed by atoms with van der Waals surface area (Å²) in [6, 6.07) is 61.9. The Bertz CT molecular complexity index is 3990. The van der Waals surface area contributed by atoms with Crippen molar-refractivity contribution in [1.29, 1.82) is 0 Å². The van der Waals surface area contributed by atoms with Gasteiger partial charge in [-0.25, -0.2) is 4.98 Å². The Morgan fingerprint density at radius 2 is 1.15 bits per heavy atom. The summed E-state index contributed by atoms with van der Waals surface area (Å²) < 4.78 is 65.1. The third-order valence-corrected chi connectivity index (χ3v) is 12.6. The van der Waals surface area contributed by atoms with Crippen LogP contribution in [0.3, 0.4) is 0 Å². The second-order valence-electron chi connectivity index (χ2n) is 16.2. The molecule has 4 aromatic heterocycles. The van der Waals surface area contributed by atoms with Gasteiger partial charge in [-0.3, -0.25) is 0 Å². The van der Waals surface area contributed by atoms with E-state index < -0.39 is 14.0 Å². The fraction of sp³-hybridized carbons (Fsp3) is 0.0526. The van der Waals surface area contributed by atoms with Crippen LogP contribution in [0.15, 0.2) is 176 Å². The summed E-state index contributed by atoms with van der Waals surface area (Å²) in [5, 5.41) is 4.95. The minimum Gasteiger partial charge on any atom is -0.509 e. The molecule has 13 rings (SSSR count). The van der Waals surface area contributed by atoms with Gasteiger partial charge in [0, 0.05) is 116 Å². The average molecular weight is 1030 g/mol. The molecule has 8 heteroatoms. The molecule has 0 unspecified atom stereocenters. The molecule has 0 saturated heterocycles. The van der Waals surface area contributed by atoms with Gasteiger partial charge in [-0.2, -0.15) is 12.1 Å². The number of aryl methyl sites for hydroxylation is 3. The van der Waals surface area contributed by atoms with Crippen molar-refractivity contribution >= 4 is 88.2 Å². The van der Waals surface area contributed by atoms with Crippen molar-refractivity contribution in [2.24, 2.45) is 14.0 Å². The Labute approximate surface area is 398 Å². The van der Waals surface area contributed by atoms with Crippen LogP contribution in [0.25, 0.3) is 82.4 Å². The number of hydrogen-bond donors (Lipinski definition) is 0. The molecule has 0 atom stereocenters. The largest absolute Gasteiger partial charge is 0.509 e. The number of para-hydroxylation sites is 5. The van der Waals surface area contributed by atoms with E-state index in [1.165, 1.54) is 9.13 Å². The summed E-state index contributed by atoms with van der Waals surface area (Å²) in [6.45, 7) is -1.27. The first-order valence-corrected chi connectivity index (χ1v) is 21.1. The minimum absolute atomic E-state index is 0. The summed E-state index contributed by atoms with van der Waals surface area (Å²) in [6.07, 6.45) is 1.93. The predicted octanol–water partition coefficient (Wildman–Crippen LogP) is 14.2. The second kappa shape index (κ2) is 15.0. The smallest absolute Gasteiger partial charge is 0.135 e. The summed E-state index contributed by atoms with van der Waals surface area (Å²) >= 11 is 0. The number of anilines is 4. The normalized spacial score (nSPS) is 14.4. The number of ether oxygens (including phenoxy) is 1. The van der Waals surface area contributed by atoms with Gasteiger partial charge < -0.3 is 28.2 Å². The van der Waals surface area contributed by atoms with Gasteiger partial charge in [0.15, 0.2) is 0 Å². The van der Waals surface area contributed by atoms with Crippen LogP contribution in [0.5, 0.6) is 11.5 Å². The molecule has 0 aliphatic carbocycles. The average Bonchev–Trinajstić information content (AvgIpc) is 4.10. The molecule has 65 heavy (non-hydrogen) atoms. The molecular weight excluding hydrogens is 980 g/mol. The van der Waals surface area contributed by atoms with Crippen LogP contribution in [0.1, 0.15) is 13.8 Å². The third kappa shape index (κ3) is 5.89. The predicted molar refractivity (Wildman–Crippen MR) is 262 cm³/mol. The van der Waals surface area contributed by atoms with Gasteiger partial charge in [-0.05, 0) is 65.9 Å². The van der Waals surface area contributed by atoms with Crippen LogP contribution in [-0.4, -0.2) is 18.7 Å². The number of hydrogen-bond acceptors (Lipinski definition) is 4. The fourth-order valence-electron chi connectivity index (χ4n) is 9.76. The Hall–Kier alpha value is -7.60. The molecule has 12 aromatic rings. The number of pyridine rings is 1. The molecule has 0 saturated carbocycles. The quantitative estimate of drug-likeness (QED) is 0.156. The van der Waals surface area contributed by atoms with Crippen molar-refractivity contribution in [2.75, 3.05) is 9.80 Å². The summed E-state index contributed by atoms with van der Waals surface area (Å²) in [5.41, 5.74) is 9.43. The van der Waals surface area contributed by atoms with Gasteiger partial charge in [0.25, 0.3) is 0 Å². The molecule has 316 valence electrons. The van der Waals surface area contributed by atoms with Crippen molar-refractivity contribution in [1.82, 2.24) is 18.7 Å². The molecule has 5 heterocycles. The van der Waals surface area contributed by atoms with Crippen LogP contribution >= 0.6 is 0 Å². The first-order chi connectivity index (χ1) is 33.9. The van der Waals surface area contributed by atoms with E-state index in [9.17, 15) is 0 Å². The monoisotopic (exact) mass is 1020 g/mol. The zero-order chi connectivity index (χ0) is 47.6. The molecule has 1 aliphatic heterocycles. The van der Waals surface area contributed by atoms with E-state index in [0.29, 0.717) is 61.4 Å². The van der Waals surface area contributed by atoms with E-state index in [2.05, 4.69) is 60.0 Å². The zero-order valence-electron chi connectivity index (χ0n) is 40.7. The SMILES string of the molecule is [2H]C([2H])([2H])n1c2ccccc2c2cc3c4ccccc4n(C([2H])([2H])[2H])c3c(N3[CH-]N(c4[c-]c(Oc5[c-]c6c(cc5)c5ccccc5n6-c5cc(C)c(-c6ccccc6)cn5)ccc4)c4ccccc43)c21.[Pt]. The van der Waals surface area contributed by atoms with Crippen molar-refractivity contribution in [3.8, 4) is 28.4 Å². The first kappa shape index (κ1) is 33.0. The van der Waals surface area contributed by atoms with Crippen molar-refractivity contribution < 1.29 is 34.0 Å². The first-order valence-electron chi connectivity index (χ1n) is 24.1. The topological polar surface area (TPSA) is 43.4 Å². The number of benzene rings is 8. The van der Waals surface area contributed by atoms with Gasteiger partial charge in [-0.15, -0.1) is 48.1 Å². The van der Waals surface area contributed by atoms with Gasteiger partial charge in [0.2, 0.25) is 0 Å². The maximum Gasteiger partial charge on any atom is 0.135 e. The maximum absolute atomic E-state index is 8.94. The summed E-state index contributed by atoms with van der Waals surface area (Å²) in [4.78, 5) is 8.88. The van der Waals surface area contributed by atoms with E-state index in [1.54, 1.807) is 12.1 Å². The Kier molecular flexibility index (Phi) is 7.61. The second-order valence-corrected chi connectivity index (χ2v) is 16.2. The summed E-state index contributed by atoms with van der Waals surface area (Å²) in [5.74, 6) is 1.69. The molecular formula is C57H39N6OPt-3. The maximum atomic E-state index is 8.94. The van der Waals surface area contributed by atoms with Gasteiger partial charge >= 0.3 is 0 Å². The molecule has 0 N–H and O–H groups in total. The Morgan fingerprint density at radius 1 is 0.554 bits per heavy atom. The molecule has 0 amide bonds. The minimum atomic E-state index is -2.63. The Morgan fingerprint density at radius 3 is 1.83 bits per heavy atom. The number of rotatable bonds is 6. The molecule has 0 bridgehead atoms. The van der Waals surface area contributed by atoms with Crippen LogP contribution in [0.4, 0.5) is 22.7 Å². The van der Waals surface area contributed by atoms with E-state index >= 15 is 0 Å². The fourth-order valence-corrected chi connectivity index (χ4v) is 9.76. The van der Waals surface area contributed by atoms with Crippen molar-refractivity contribution in [3.63, 3.8) is 0 Å². The molecule has 1 aliphatic rings.